The van der Waals surface area contributed by atoms with Gasteiger partial charge >= 0.3 is 0 Å². The normalized spacial score (nSPS) is 10.9. The molecule has 1 N–H and O–H groups in total. The van der Waals surface area contributed by atoms with Crippen molar-refractivity contribution in [3.63, 3.8) is 0 Å². The molecule has 0 aliphatic rings. The third-order valence-corrected chi connectivity index (χ3v) is 3.61. The van der Waals surface area contributed by atoms with Crippen molar-refractivity contribution in [2.45, 2.75) is 33.0 Å². The average Bonchev–Trinajstić information content (AvgIpc) is 2.46. The van der Waals surface area contributed by atoms with Crippen LogP contribution < -0.4 is 10.2 Å². The maximum absolute atomic E-state index is 6.42. The minimum Gasteiger partial charge on any atom is -0.369 e. The first-order valence-electron chi connectivity index (χ1n) is 7.18. The van der Waals surface area contributed by atoms with E-state index in [0.29, 0.717) is 6.04 Å². The smallest absolute Gasteiger partial charge is 0.0642 e. The average molecular weight is 304 g/mol. The van der Waals surface area contributed by atoms with Crippen LogP contribution in [0.15, 0.2) is 42.7 Å². The predicted molar refractivity (Wildman–Crippen MR) is 89.8 cm³/mol. The minimum atomic E-state index is 0.470. The van der Waals surface area contributed by atoms with E-state index in [9.17, 15) is 0 Å². The Labute approximate surface area is 132 Å². The van der Waals surface area contributed by atoms with E-state index in [1.165, 1.54) is 11.1 Å². The minimum absolute atomic E-state index is 0.470. The molecule has 2 aromatic rings. The Kier molecular flexibility index (Phi) is 5.59. The lowest BCUT2D eigenvalue weighted by atomic mass is 10.1. The van der Waals surface area contributed by atoms with E-state index in [1.54, 1.807) is 0 Å². The molecule has 0 radical (unpaired) electrons. The summed E-state index contributed by atoms with van der Waals surface area (Å²) in [5.41, 5.74) is 3.46. The van der Waals surface area contributed by atoms with E-state index in [1.807, 2.05) is 37.6 Å². The van der Waals surface area contributed by atoms with Crippen molar-refractivity contribution in [2.75, 3.05) is 11.9 Å². The van der Waals surface area contributed by atoms with Gasteiger partial charge in [0.15, 0.2) is 0 Å². The number of benzene rings is 1. The molecule has 112 valence electrons. The van der Waals surface area contributed by atoms with Gasteiger partial charge in [-0.05, 0) is 35.4 Å². The maximum atomic E-state index is 6.42. The highest BCUT2D eigenvalue weighted by molar-refractivity contribution is 6.33. The lowest BCUT2D eigenvalue weighted by molar-refractivity contribution is 0.589. The van der Waals surface area contributed by atoms with Crippen LogP contribution in [0, 0.1) is 0 Å². The molecule has 4 heteroatoms. The zero-order valence-electron chi connectivity index (χ0n) is 12.8. The van der Waals surface area contributed by atoms with E-state index < -0.39 is 0 Å². The Hall–Kier alpha value is -1.58. The molecule has 0 saturated carbocycles. The van der Waals surface area contributed by atoms with Gasteiger partial charge in [0.25, 0.3) is 0 Å². The van der Waals surface area contributed by atoms with Crippen LogP contribution in [-0.2, 0) is 13.1 Å². The molecule has 0 saturated heterocycles. The summed E-state index contributed by atoms with van der Waals surface area (Å²) in [6, 6.07) is 10.8. The molecule has 1 heterocycles. The van der Waals surface area contributed by atoms with Gasteiger partial charge in [-0.15, -0.1) is 0 Å². The van der Waals surface area contributed by atoms with Gasteiger partial charge in [-0.25, -0.2) is 0 Å². The van der Waals surface area contributed by atoms with E-state index in [2.05, 4.69) is 41.2 Å². The largest absolute Gasteiger partial charge is 0.369 e. The molecule has 0 spiro atoms. The van der Waals surface area contributed by atoms with E-state index in [-0.39, 0.29) is 0 Å². The number of anilines is 1. The predicted octanol–water partition coefficient (Wildman–Crippen LogP) is 3.87. The van der Waals surface area contributed by atoms with Crippen molar-refractivity contribution >= 4 is 17.3 Å². The van der Waals surface area contributed by atoms with Crippen molar-refractivity contribution in [3.8, 4) is 0 Å². The molecule has 0 atom stereocenters. The number of halogens is 1. The second kappa shape index (κ2) is 7.43. The van der Waals surface area contributed by atoms with Crippen LogP contribution in [0.2, 0.25) is 5.02 Å². The zero-order valence-corrected chi connectivity index (χ0v) is 13.6. The fourth-order valence-corrected chi connectivity index (χ4v) is 2.49. The van der Waals surface area contributed by atoms with Crippen LogP contribution in [0.3, 0.4) is 0 Å². The number of nitrogens with zero attached hydrogens (tertiary/aromatic N) is 2. The second-order valence-electron chi connectivity index (χ2n) is 5.53. The summed E-state index contributed by atoms with van der Waals surface area (Å²) in [7, 11) is 2.05. The number of rotatable bonds is 6. The van der Waals surface area contributed by atoms with Gasteiger partial charge in [-0.1, -0.05) is 31.5 Å². The van der Waals surface area contributed by atoms with Gasteiger partial charge < -0.3 is 10.2 Å². The molecule has 0 fully saturated rings. The van der Waals surface area contributed by atoms with Crippen molar-refractivity contribution in [1.82, 2.24) is 10.3 Å². The molecule has 0 amide bonds. The quantitative estimate of drug-likeness (QED) is 0.878. The molecule has 21 heavy (non-hydrogen) atoms. The Morgan fingerprint density at radius 1 is 1.14 bits per heavy atom. The summed E-state index contributed by atoms with van der Waals surface area (Å²) in [5, 5.41) is 4.18. The highest BCUT2D eigenvalue weighted by Gasteiger charge is 2.08. The molecule has 3 nitrogen and oxygen atoms in total. The Morgan fingerprint density at radius 3 is 2.48 bits per heavy atom. The van der Waals surface area contributed by atoms with Gasteiger partial charge in [-0.2, -0.15) is 0 Å². The van der Waals surface area contributed by atoms with Crippen LogP contribution >= 0.6 is 11.6 Å². The van der Waals surface area contributed by atoms with Crippen molar-refractivity contribution < 1.29 is 0 Å². The molecule has 0 aliphatic carbocycles. The number of aromatic nitrogens is 1. The molecule has 1 aromatic heterocycles. The third kappa shape index (κ3) is 4.73. The highest BCUT2D eigenvalue weighted by atomic mass is 35.5. The van der Waals surface area contributed by atoms with Gasteiger partial charge in [0.2, 0.25) is 0 Å². The second-order valence-corrected chi connectivity index (χ2v) is 5.94. The lowest BCUT2D eigenvalue weighted by Crippen LogP contribution is -2.22. The van der Waals surface area contributed by atoms with Crippen LogP contribution in [0.5, 0.6) is 0 Å². The SMILES string of the molecule is CC(C)NCc1ccc(N(C)Cc2ccncc2)c(Cl)c1. The summed E-state index contributed by atoms with van der Waals surface area (Å²) in [6.07, 6.45) is 3.62. The summed E-state index contributed by atoms with van der Waals surface area (Å²) < 4.78 is 0. The fraction of sp³-hybridized carbons (Fsp3) is 0.353. The van der Waals surface area contributed by atoms with E-state index in [4.69, 9.17) is 11.6 Å². The number of hydrogen-bond acceptors (Lipinski definition) is 3. The van der Waals surface area contributed by atoms with Crippen LogP contribution in [0.25, 0.3) is 0 Å². The molecular formula is C17H22ClN3. The van der Waals surface area contributed by atoms with Gasteiger partial charge in [0.1, 0.15) is 0 Å². The van der Waals surface area contributed by atoms with Gasteiger partial charge in [0.05, 0.1) is 10.7 Å². The number of hydrogen-bond donors (Lipinski definition) is 1. The zero-order chi connectivity index (χ0) is 15.2. The summed E-state index contributed by atoms with van der Waals surface area (Å²) >= 11 is 6.42. The number of pyridine rings is 1. The Bertz CT molecular complexity index is 570. The van der Waals surface area contributed by atoms with Crippen molar-refractivity contribution in [1.29, 1.82) is 0 Å². The topological polar surface area (TPSA) is 28.2 Å². The van der Waals surface area contributed by atoms with Crippen molar-refractivity contribution in [3.05, 3.63) is 58.9 Å². The Balaban J connectivity index is 2.06. The van der Waals surface area contributed by atoms with Crippen LogP contribution in [0.1, 0.15) is 25.0 Å². The summed E-state index contributed by atoms with van der Waals surface area (Å²) in [5.74, 6) is 0. The molecule has 0 bridgehead atoms. The lowest BCUT2D eigenvalue weighted by Gasteiger charge is -2.21. The molecule has 2 rings (SSSR count). The van der Waals surface area contributed by atoms with Crippen LogP contribution in [-0.4, -0.2) is 18.1 Å². The molecule has 1 aromatic carbocycles. The first-order chi connectivity index (χ1) is 10.1. The summed E-state index contributed by atoms with van der Waals surface area (Å²) in [4.78, 5) is 6.19. The third-order valence-electron chi connectivity index (χ3n) is 3.31. The summed E-state index contributed by atoms with van der Waals surface area (Å²) in [6.45, 7) is 5.93. The first kappa shape index (κ1) is 15.8. The standard InChI is InChI=1S/C17H22ClN3/c1-13(2)20-11-15-4-5-17(16(18)10-15)21(3)12-14-6-8-19-9-7-14/h4-10,13,20H,11-12H2,1-3H3. The Morgan fingerprint density at radius 2 is 1.86 bits per heavy atom. The monoisotopic (exact) mass is 303 g/mol. The molecule has 0 aliphatic heterocycles. The van der Waals surface area contributed by atoms with E-state index >= 15 is 0 Å². The first-order valence-corrected chi connectivity index (χ1v) is 7.56. The number of nitrogens with one attached hydrogen (secondary N) is 1. The van der Waals surface area contributed by atoms with Gasteiger partial charge in [-0.3, -0.25) is 4.98 Å². The molecular weight excluding hydrogens is 282 g/mol. The van der Waals surface area contributed by atoms with Gasteiger partial charge in [0, 0.05) is 38.6 Å². The maximum Gasteiger partial charge on any atom is 0.0642 e. The fourth-order valence-electron chi connectivity index (χ4n) is 2.14. The molecule has 0 unspecified atom stereocenters. The van der Waals surface area contributed by atoms with Crippen molar-refractivity contribution in [2.24, 2.45) is 0 Å². The van der Waals surface area contributed by atoms with E-state index in [0.717, 1.165) is 23.8 Å². The highest BCUT2D eigenvalue weighted by Crippen LogP contribution is 2.27. The van der Waals surface area contributed by atoms with Crippen LogP contribution in [0.4, 0.5) is 5.69 Å².